The topological polar surface area (TPSA) is 96.4 Å². The molecule has 0 aliphatic rings. The predicted octanol–water partition coefficient (Wildman–Crippen LogP) is 3.57. The van der Waals surface area contributed by atoms with Crippen molar-refractivity contribution in [3.63, 3.8) is 0 Å². The zero-order valence-corrected chi connectivity index (χ0v) is 19.0. The van der Waals surface area contributed by atoms with Crippen molar-refractivity contribution < 1.29 is 14.3 Å². The number of rotatable bonds is 12. The lowest BCUT2D eigenvalue weighted by Gasteiger charge is -2.10. The Hall–Kier alpha value is -3.45. The van der Waals surface area contributed by atoms with Gasteiger partial charge in [-0.05, 0) is 74.2 Å². The van der Waals surface area contributed by atoms with Crippen LogP contribution in [0.25, 0.3) is 11.3 Å². The molecule has 0 saturated carbocycles. The van der Waals surface area contributed by atoms with E-state index in [4.69, 9.17) is 15.2 Å². The van der Waals surface area contributed by atoms with Crippen molar-refractivity contribution in [3.8, 4) is 17.0 Å². The van der Waals surface area contributed by atoms with Gasteiger partial charge in [0.25, 0.3) is 5.56 Å². The SMILES string of the molecule is CCOC(=O)Cc1cccc(Cn2nc(-c3ccc(OCCCCCN)cc3)ccc2=O)c1. The molecule has 0 aliphatic heterocycles. The van der Waals surface area contributed by atoms with Crippen LogP contribution in [0.5, 0.6) is 5.75 Å². The van der Waals surface area contributed by atoms with Gasteiger partial charge in [0.2, 0.25) is 0 Å². The number of aromatic nitrogens is 2. The number of hydrogen-bond acceptors (Lipinski definition) is 6. The lowest BCUT2D eigenvalue weighted by atomic mass is 10.1. The third-order valence-electron chi connectivity index (χ3n) is 5.11. The fourth-order valence-electron chi connectivity index (χ4n) is 3.44. The quantitative estimate of drug-likeness (QED) is 0.335. The average Bonchev–Trinajstić information content (AvgIpc) is 2.81. The first kappa shape index (κ1) is 24.2. The van der Waals surface area contributed by atoms with Crippen LogP contribution in [0.3, 0.4) is 0 Å². The summed E-state index contributed by atoms with van der Waals surface area (Å²) in [7, 11) is 0. The highest BCUT2D eigenvalue weighted by Crippen LogP contribution is 2.20. The van der Waals surface area contributed by atoms with E-state index in [0.29, 0.717) is 32.0 Å². The Balaban J connectivity index is 1.67. The molecule has 1 aromatic heterocycles. The van der Waals surface area contributed by atoms with E-state index in [2.05, 4.69) is 5.10 Å². The van der Waals surface area contributed by atoms with Crippen molar-refractivity contribution >= 4 is 5.97 Å². The van der Waals surface area contributed by atoms with E-state index in [1.165, 1.54) is 10.7 Å². The van der Waals surface area contributed by atoms with E-state index in [0.717, 1.165) is 41.7 Å². The second-order valence-electron chi connectivity index (χ2n) is 7.74. The number of benzene rings is 2. The van der Waals surface area contributed by atoms with Crippen LogP contribution in [0.4, 0.5) is 0 Å². The summed E-state index contributed by atoms with van der Waals surface area (Å²) in [5, 5.41) is 4.54. The summed E-state index contributed by atoms with van der Waals surface area (Å²) >= 11 is 0. The highest BCUT2D eigenvalue weighted by Gasteiger charge is 2.08. The molecule has 0 bridgehead atoms. The summed E-state index contributed by atoms with van der Waals surface area (Å²) in [5.74, 6) is 0.535. The Morgan fingerprint density at radius 1 is 1.00 bits per heavy atom. The number of nitrogens with two attached hydrogens (primary N) is 1. The Bertz CT molecular complexity index is 1090. The number of ether oxygens (including phenoxy) is 2. The highest BCUT2D eigenvalue weighted by atomic mass is 16.5. The number of unbranched alkanes of at least 4 members (excludes halogenated alkanes) is 2. The van der Waals surface area contributed by atoms with Crippen molar-refractivity contribution in [1.29, 1.82) is 0 Å². The summed E-state index contributed by atoms with van der Waals surface area (Å²) in [6, 6.07) is 18.5. The van der Waals surface area contributed by atoms with Crippen molar-refractivity contribution in [2.45, 2.75) is 39.2 Å². The molecule has 7 nitrogen and oxygen atoms in total. The smallest absolute Gasteiger partial charge is 0.310 e. The van der Waals surface area contributed by atoms with Crippen molar-refractivity contribution in [2.24, 2.45) is 5.73 Å². The normalized spacial score (nSPS) is 10.7. The first-order valence-corrected chi connectivity index (χ1v) is 11.3. The molecule has 0 unspecified atom stereocenters. The summed E-state index contributed by atoms with van der Waals surface area (Å²) in [5.41, 5.74) is 8.65. The maximum absolute atomic E-state index is 12.4. The number of carbonyl (C=O) groups is 1. The van der Waals surface area contributed by atoms with E-state index < -0.39 is 0 Å². The van der Waals surface area contributed by atoms with Crippen molar-refractivity contribution in [2.75, 3.05) is 19.8 Å². The fraction of sp³-hybridized carbons (Fsp3) is 0.346. The molecule has 0 atom stereocenters. The zero-order valence-electron chi connectivity index (χ0n) is 19.0. The second kappa shape index (κ2) is 12.6. The maximum atomic E-state index is 12.4. The number of nitrogens with zero attached hydrogens (tertiary/aromatic N) is 2. The maximum Gasteiger partial charge on any atom is 0.310 e. The van der Waals surface area contributed by atoms with Crippen LogP contribution >= 0.6 is 0 Å². The van der Waals surface area contributed by atoms with Gasteiger partial charge in [-0.3, -0.25) is 9.59 Å². The fourth-order valence-corrected chi connectivity index (χ4v) is 3.44. The summed E-state index contributed by atoms with van der Waals surface area (Å²) in [4.78, 5) is 24.2. The van der Waals surface area contributed by atoms with Gasteiger partial charge in [-0.25, -0.2) is 4.68 Å². The van der Waals surface area contributed by atoms with Gasteiger partial charge in [0, 0.05) is 11.6 Å². The molecule has 0 aliphatic carbocycles. The molecular weight excluding hydrogens is 418 g/mol. The van der Waals surface area contributed by atoms with Gasteiger partial charge in [-0.15, -0.1) is 0 Å². The first-order valence-electron chi connectivity index (χ1n) is 11.3. The number of carbonyl (C=O) groups excluding carboxylic acids is 1. The second-order valence-corrected chi connectivity index (χ2v) is 7.74. The Kier molecular flexibility index (Phi) is 9.20. The lowest BCUT2D eigenvalue weighted by Crippen LogP contribution is -2.23. The van der Waals surface area contributed by atoms with Crippen LogP contribution < -0.4 is 16.0 Å². The lowest BCUT2D eigenvalue weighted by molar-refractivity contribution is -0.142. The van der Waals surface area contributed by atoms with E-state index >= 15 is 0 Å². The Labute approximate surface area is 194 Å². The monoisotopic (exact) mass is 449 g/mol. The molecule has 174 valence electrons. The van der Waals surface area contributed by atoms with Gasteiger partial charge in [-0.1, -0.05) is 24.3 Å². The van der Waals surface area contributed by atoms with Gasteiger partial charge in [0.15, 0.2) is 0 Å². The molecule has 2 N–H and O–H groups in total. The minimum Gasteiger partial charge on any atom is -0.494 e. The van der Waals surface area contributed by atoms with Crippen molar-refractivity contribution in [1.82, 2.24) is 9.78 Å². The molecule has 1 heterocycles. The first-order chi connectivity index (χ1) is 16.1. The van der Waals surface area contributed by atoms with Gasteiger partial charge >= 0.3 is 5.97 Å². The van der Waals surface area contributed by atoms with Crippen LogP contribution in [-0.2, 0) is 22.5 Å². The van der Waals surface area contributed by atoms with Crippen LogP contribution in [0.2, 0.25) is 0 Å². The summed E-state index contributed by atoms with van der Waals surface area (Å²) in [6.07, 6.45) is 3.25. The van der Waals surface area contributed by atoms with Crippen molar-refractivity contribution in [3.05, 3.63) is 82.1 Å². The minimum absolute atomic E-state index is 0.188. The molecular formula is C26H31N3O4. The molecule has 7 heteroatoms. The summed E-state index contributed by atoms with van der Waals surface area (Å²) < 4.78 is 12.2. The van der Waals surface area contributed by atoms with Gasteiger partial charge < -0.3 is 15.2 Å². The molecule has 33 heavy (non-hydrogen) atoms. The van der Waals surface area contributed by atoms with Gasteiger partial charge in [0.1, 0.15) is 5.75 Å². The molecule has 0 spiro atoms. The highest BCUT2D eigenvalue weighted by molar-refractivity contribution is 5.72. The molecule has 3 rings (SSSR count). The Morgan fingerprint density at radius 2 is 1.79 bits per heavy atom. The number of esters is 1. The van der Waals surface area contributed by atoms with Gasteiger partial charge in [-0.2, -0.15) is 5.10 Å². The molecule has 0 fully saturated rings. The van der Waals surface area contributed by atoms with Crippen LogP contribution in [0, 0.1) is 0 Å². The van der Waals surface area contributed by atoms with Crippen LogP contribution in [0.1, 0.15) is 37.3 Å². The van der Waals surface area contributed by atoms with Crippen LogP contribution in [0.15, 0.2) is 65.5 Å². The Morgan fingerprint density at radius 3 is 2.55 bits per heavy atom. The summed E-state index contributed by atoms with van der Waals surface area (Å²) in [6.45, 7) is 3.82. The van der Waals surface area contributed by atoms with E-state index in [1.54, 1.807) is 13.0 Å². The molecule has 0 radical (unpaired) electrons. The minimum atomic E-state index is -0.269. The molecule has 0 amide bonds. The largest absolute Gasteiger partial charge is 0.494 e. The van der Waals surface area contributed by atoms with Crippen LogP contribution in [-0.4, -0.2) is 35.5 Å². The molecule has 2 aromatic carbocycles. The molecule has 0 saturated heterocycles. The van der Waals surface area contributed by atoms with Gasteiger partial charge in [0.05, 0.1) is 31.9 Å². The third kappa shape index (κ3) is 7.57. The van der Waals surface area contributed by atoms with E-state index in [-0.39, 0.29) is 17.9 Å². The average molecular weight is 450 g/mol. The van der Waals surface area contributed by atoms with E-state index in [9.17, 15) is 9.59 Å². The zero-order chi connectivity index (χ0) is 23.5. The number of hydrogen-bond donors (Lipinski definition) is 1. The standard InChI is InChI=1S/C26H31N3O4/c1-2-32-26(31)18-20-7-6-8-21(17-20)19-29-25(30)14-13-24(28-29)22-9-11-23(12-10-22)33-16-5-3-4-15-27/h6-14,17H,2-5,15-16,18-19,27H2,1H3. The third-order valence-corrected chi connectivity index (χ3v) is 5.11. The molecule has 3 aromatic rings. The van der Waals surface area contributed by atoms with E-state index in [1.807, 2.05) is 48.5 Å². The predicted molar refractivity (Wildman–Crippen MR) is 128 cm³/mol.